The van der Waals surface area contributed by atoms with Crippen LogP contribution in [0.3, 0.4) is 0 Å². The summed E-state index contributed by atoms with van der Waals surface area (Å²) < 4.78 is 12.7. The second-order valence-corrected chi connectivity index (χ2v) is 10.9. The van der Waals surface area contributed by atoms with Crippen LogP contribution in [0.4, 0.5) is 0 Å². The van der Waals surface area contributed by atoms with Gasteiger partial charge in [0.25, 0.3) is 0 Å². The van der Waals surface area contributed by atoms with Gasteiger partial charge in [0.15, 0.2) is 0 Å². The first-order valence-electron chi connectivity index (χ1n) is 3.62. The van der Waals surface area contributed by atoms with Crippen molar-refractivity contribution in [3.63, 3.8) is 0 Å². The van der Waals surface area contributed by atoms with Crippen LogP contribution in [0.2, 0.25) is 19.6 Å². The normalized spacial score (nSPS) is 13.1. The molecule has 3 nitrogen and oxygen atoms in total. The molecule has 0 rings (SSSR count). The molecule has 0 heterocycles. The Morgan fingerprint density at radius 3 is 1.55 bits per heavy atom. The molecule has 0 N–H and O–H groups in total. The highest BCUT2D eigenvalue weighted by Crippen LogP contribution is 2.08. The van der Waals surface area contributed by atoms with Crippen molar-refractivity contribution in [1.82, 2.24) is 4.23 Å². The highest BCUT2D eigenvalue weighted by Gasteiger charge is 2.31. The summed E-state index contributed by atoms with van der Waals surface area (Å²) in [6.45, 7) is 6.82. The molecule has 0 aliphatic rings. The highest BCUT2D eigenvalue weighted by atomic mass is 28.4. The Kier molecular flexibility index (Phi) is 4.49. The van der Waals surface area contributed by atoms with E-state index in [0.29, 0.717) is 0 Å². The van der Waals surface area contributed by atoms with E-state index in [0.717, 1.165) is 0 Å². The summed E-state index contributed by atoms with van der Waals surface area (Å²) in [4.78, 5) is 0. The first kappa shape index (κ1) is 11.3. The number of rotatable bonds is 4. The minimum Gasteiger partial charge on any atom is -0.385 e. The summed E-state index contributed by atoms with van der Waals surface area (Å²) >= 11 is 0. The largest absolute Gasteiger partial charge is 0.483 e. The lowest BCUT2D eigenvalue weighted by Crippen LogP contribution is -2.54. The third-order valence-corrected chi connectivity index (χ3v) is 7.45. The number of hydrogen-bond donors (Lipinski definition) is 0. The quantitative estimate of drug-likeness (QED) is 0.621. The zero-order valence-electron chi connectivity index (χ0n) is 8.26. The molecule has 0 atom stereocenters. The standard InChI is InChI=1S/C6H18NO2Si2/c1-7(11(4,5)6)10(8-2)9-3/h1-6H3. The molecule has 1 radical (unpaired) electrons. The summed E-state index contributed by atoms with van der Waals surface area (Å²) in [5.74, 6) is 0. The molecule has 11 heavy (non-hydrogen) atoms. The smallest absolute Gasteiger partial charge is 0.385 e. The molecule has 0 aromatic carbocycles. The van der Waals surface area contributed by atoms with Gasteiger partial charge in [-0.2, -0.15) is 0 Å². The van der Waals surface area contributed by atoms with Crippen LogP contribution in [0.15, 0.2) is 0 Å². The SMILES string of the molecule is CO[Si](OC)N(C)[Si](C)(C)C. The summed E-state index contributed by atoms with van der Waals surface area (Å²) in [6.07, 6.45) is 0. The van der Waals surface area contributed by atoms with Crippen molar-refractivity contribution in [3.05, 3.63) is 0 Å². The Labute approximate surface area is 72.3 Å². The molecule has 0 saturated carbocycles. The molecule has 0 fully saturated rings. The predicted octanol–water partition coefficient (Wildman–Crippen LogP) is 1.03. The Morgan fingerprint density at radius 2 is 1.45 bits per heavy atom. The topological polar surface area (TPSA) is 21.7 Å². The lowest BCUT2D eigenvalue weighted by molar-refractivity contribution is 0.241. The molecular weight excluding hydrogens is 174 g/mol. The molecule has 0 spiro atoms. The average Bonchev–Trinajstić information content (AvgIpc) is 1.88. The van der Waals surface area contributed by atoms with Gasteiger partial charge in [0.2, 0.25) is 0 Å². The third kappa shape index (κ3) is 3.48. The molecule has 0 bridgehead atoms. The van der Waals surface area contributed by atoms with E-state index < -0.39 is 17.7 Å². The summed E-state index contributed by atoms with van der Waals surface area (Å²) in [5, 5.41) is 0. The van der Waals surface area contributed by atoms with Crippen molar-refractivity contribution in [2.75, 3.05) is 21.3 Å². The third-order valence-electron chi connectivity index (χ3n) is 1.63. The van der Waals surface area contributed by atoms with Crippen molar-refractivity contribution >= 4 is 17.7 Å². The summed E-state index contributed by atoms with van der Waals surface area (Å²) in [7, 11) is 3.08. The van der Waals surface area contributed by atoms with E-state index in [1.54, 1.807) is 14.2 Å². The van der Waals surface area contributed by atoms with E-state index >= 15 is 0 Å². The Morgan fingerprint density at radius 1 is 1.09 bits per heavy atom. The number of nitrogens with zero attached hydrogens (tertiary/aromatic N) is 1. The minimum absolute atomic E-state index is 1.16. The van der Waals surface area contributed by atoms with Crippen LogP contribution < -0.4 is 0 Å². The second kappa shape index (κ2) is 4.37. The van der Waals surface area contributed by atoms with Crippen LogP contribution in [0.25, 0.3) is 0 Å². The van der Waals surface area contributed by atoms with Crippen molar-refractivity contribution in [2.24, 2.45) is 0 Å². The Bertz CT molecular complexity index is 112. The van der Waals surface area contributed by atoms with Gasteiger partial charge in [0.1, 0.15) is 8.24 Å². The number of hydrogen-bond acceptors (Lipinski definition) is 3. The highest BCUT2D eigenvalue weighted by molar-refractivity contribution is 6.80. The van der Waals surface area contributed by atoms with Crippen LogP contribution in [0.1, 0.15) is 0 Å². The van der Waals surface area contributed by atoms with E-state index in [1.165, 1.54) is 0 Å². The van der Waals surface area contributed by atoms with Crippen molar-refractivity contribution < 1.29 is 8.85 Å². The lowest BCUT2D eigenvalue weighted by Gasteiger charge is -2.32. The molecule has 0 aromatic rings. The molecule has 0 aliphatic carbocycles. The average molecular weight is 192 g/mol. The van der Waals surface area contributed by atoms with Crippen LogP contribution in [-0.2, 0) is 8.85 Å². The first-order valence-corrected chi connectivity index (χ1v) is 8.33. The zero-order valence-corrected chi connectivity index (χ0v) is 10.3. The predicted molar refractivity (Wildman–Crippen MR) is 50.9 cm³/mol. The molecule has 0 aromatic heterocycles. The molecule has 0 unspecified atom stereocenters. The maximum Gasteiger partial charge on any atom is 0.483 e. The maximum absolute atomic E-state index is 5.23. The van der Waals surface area contributed by atoms with Gasteiger partial charge < -0.3 is 13.1 Å². The van der Waals surface area contributed by atoms with Crippen LogP contribution >= 0.6 is 0 Å². The summed E-state index contributed by atoms with van der Waals surface area (Å²) in [5.41, 5.74) is 0. The van der Waals surface area contributed by atoms with Gasteiger partial charge in [-0.1, -0.05) is 19.6 Å². The molecular formula is C6H18NO2Si2. The minimum atomic E-state index is -1.24. The maximum atomic E-state index is 5.23. The zero-order chi connectivity index (χ0) is 9.07. The van der Waals surface area contributed by atoms with Gasteiger partial charge in [-0.3, -0.25) is 0 Å². The van der Waals surface area contributed by atoms with Gasteiger partial charge >= 0.3 is 9.45 Å². The fourth-order valence-electron chi connectivity index (χ4n) is 0.631. The Hall–Kier alpha value is 0.314. The van der Waals surface area contributed by atoms with Gasteiger partial charge in [0, 0.05) is 14.2 Å². The van der Waals surface area contributed by atoms with E-state index in [9.17, 15) is 0 Å². The second-order valence-electron chi connectivity index (χ2n) is 3.40. The van der Waals surface area contributed by atoms with Gasteiger partial charge in [-0.15, -0.1) is 0 Å². The molecule has 67 valence electrons. The van der Waals surface area contributed by atoms with Crippen molar-refractivity contribution in [3.8, 4) is 0 Å². The monoisotopic (exact) mass is 192 g/mol. The van der Waals surface area contributed by atoms with Crippen molar-refractivity contribution in [2.45, 2.75) is 19.6 Å². The van der Waals surface area contributed by atoms with E-state index in [1.807, 2.05) is 0 Å². The summed E-state index contributed by atoms with van der Waals surface area (Å²) in [6, 6.07) is 0. The fourth-order valence-corrected chi connectivity index (χ4v) is 4.08. The molecule has 0 amide bonds. The fraction of sp³-hybridized carbons (Fsp3) is 1.00. The van der Waals surface area contributed by atoms with Gasteiger partial charge in [0.05, 0.1) is 0 Å². The first-order chi connectivity index (χ1) is 4.93. The van der Waals surface area contributed by atoms with Crippen LogP contribution in [-0.4, -0.2) is 43.2 Å². The molecule has 0 saturated heterocycles. The van der Waals surface area contributed by atoms with E-state index in [2.05, 4.69) is 30.9 Å². The lowest BCUT2D eigenvalue weighted by atomic mass is 11.6. The van der Waals surface area contributed by atoms with Gasteiger partial charge in [-0.25, -0.2) is 0 Å². The van der Waals surface area contributed by atoms with Crippen molar-refractivity contribution in [1.29, 1.82) is 0 Å². The Balaban J connectivity index is 4.09. The molecule has 0 aliphatic heterocycles. The van der Waals surface area contributed by atoms with E-state index in [4.69, 9.17) is 8.85 Å². The van der Waals surface area contributed by atoms with Gasteiger partial charge in [-0.05, 0) is 7.05 Å². The van der Waals surface area contributed by atoms with Crippen LogP contribution in [0.5, 0.6) is 0 Å². The van der Waals surface area contributed by atoms with Crippen LogP contribution in [0, 0.1) is 0 Å². The molecule has 5 heteroatoms. The van der Waals surface area contributed by atoms with E-state index in [-0.39, 0.29) is 0 Å².